The molecule has 0 aliphatic heterocycles. The van der Waals surface area contributed by atoms with E-state index in [4.69, 9.17) is 10.5 Å². The van der Waals surface area contributed by atoms with Crippen LogP contribution in [0, 0.1) is 0 Å². The minimum Gasteiger partial charge on any atom is -0.504 e. The molecule has 0 heterocycles. The molecule has 2 rings (SSSR count). The molecule has 0 spiro atoms. The molecule has 0 unspecified atom stereocenters. The molecule has 1 aromatic rings. The highest BCUT2D eigenvalue weighted by Gasteiger charge is 2.27. The zero-order valence-electron chi connectivity index (χ0n) is 11.2. The highest BCUT2D eigenvalue weighted by atomic mass is 127. The molecular weight excluding hydrogens is 357 g/mol. The van der Waals surface area contributed by atoms with Crippen molar-refractivity contribution >= 4 is 29.9 Å². The molecule has 0 radical (unpaired) electrons. The van der Waals surface area contributed by atoms with E-state index in [1.54, 1.807) is 12.1 Å². The number of nitrogens with zero attached hydrogens (tertiary/aromatic N) is 2. The van der Waals surface area contributed by atoms with Crippen LogP contribution < -0.4 is 10.5 Å². The maximum Gasteiger partial charge on any atom is 0.191 e. The first kappa shape index (κ1) is 15.9. The first-order valence-electron chi connectivity index (χ1n) is 6.00. The zero-order chi connectivity index (χ0) is 13.1. The average Bonchev–Trinajstić information content (AvgIpc) is 3.20. The molecule has 0 amide bonds. The first-order valence-corrected chi connectivity index (χ1v) is 6.00. The monoisotopic (exact) mass is 377 g/mol. The second kappa shape index (κ2) is 6.83. The van der Waals surface area contributed by atoms with E-state index in [0.29, 0.717) is 24.3 Å². The molecule has 1 saturated carbocycles. The van der Waals surface area contributed by atoms with Crippen molar-refractivity contribution in [2.45, 2.75) is 25.4 Å². The lowest BCUT2D eigenvalue weighted by molar-refractivity contribution is 0.373. The molecule has 0 bridgehead atoms. The molecule has 19 heavy (non-hydrogen) atoms. The lowest BCUT2D eigenvalue weighted by atomic mass is 10.2. The predicted molar refractivity (Wildman–Crippen MR) is 86.2 cm³/mol. The lowest BCUT2D eigenvalue weighted by Crippen LogP contribution is -2.35. The number of guanidine groups is 1. The van der Waals surface area contributed by atoms with Gasteiger partial charge in [-0.15, -0.1) is 24.0 Å². The molecule has 106 valence electrons. The van der Waals surface area contributed by atoms with E-state index in [-0.39, 0.29) is 29.7 Å². The van der Waals surface area contributed by atoms with Gasteiger partial charge in [0.1, 0.15) is 0 Å². The maximum atomic E-state index is 9.49. The van der Waals surface area contributed by atoms with Crippen molar-refractivity contribution in [1.29, 1.82) is 0 Å². The van der Waals surface area contributed by atoms with Crippen LogP contribution in [0.25, 0.3) is 0 Å². The van der Waals surface area contributed by atoms with Gasteiger partial charge in [-0.05, 0) is 30.5 Å². The summed E-state index contributed by atoms with van der Waals surface area (Å²) < 4.78 is 5.05. The van der Waals surface area contributed by atoms with Gasteiger partial charge < -0.3 is 20.5 Å². The zero-order valence-corrected chi connectivity index (χ0v) is 13.5. The third-order valence-corrected chi connectivity index (χ3v) is 3.12. The van der Waals surface area contributed by atoms with Crippen LogP contribution in [0.15, 0.2) is 23.2 Å². The van der Waals surface area contributed by atoms with Crippen LogP contribution in [0.2, 0.25) is 0 Å². The molecule has 0 saturated heterocycles. The predicted octanol–water partition coefficient (Wildman–Crippen LogP) is 1.93. The van der Waals surface area contributed by atoms with Crippen molar-refractivity contribution in [1.82, 2.24) is 4.90 Å². The van der Waals surface area contributed by atoms with Gasteiger partial charge in [-0.2, -0.15) is 0 Å². The van der Waals surface area contributed by atoms with Crippen molar-refractivity contribution in [3.8, 4) is 11.5 Å². The summed E-state index contributed by atoms with van der Waals surface area (Å²) in [7, 11) is 3.49. The standard InChI is InChI=1S/C13H19N3O2.HI/c1-16(10-4-5-10)13(14)15-8-9-3-6-11(17)12(7-9)18-2;/h3,6-7,10,17H,4-5,8H2,1-2H3,(H2,14,15);1H. The smallest absolute Gasteiger partial charge is 0.191 e. The molecule has 6 heteroatoms. The number of phenols is 1. The van der Waals surface area contributed by atoms with Gasteiger partial charge in [-0.25, -0.2) is 4.99 Å². The van der Waals surface area contributed by atoms with E-state index in [9.17, 15) is 5.11 Å². The molecule has 3 N–H and O–H groups in total. The summed E-state index contributed by atoms with van der Waals surface area (Å²) >= 11 is 0. The van der Waals surface area contributed by atoms with Crippen LogP contribution >= 0.6 is 24.0 Å². The fourth-order valence-corrected chi connectivity index (χ4v) is 1.75. The van der Waals surface area contributed by atoms with Gasteiger partial charge in [0.15, 0.2) is 17.5 Å². The van der Waals surface area contributed by atoms with Crippen molar-refractivity contribution in [2.75, 3.05) is 14.2 Å². The van der Waals surface area contributed by atoms with Crippen LogP contribution in [0.4, 0.5) is 0 Å². The summed E-state index contributed by atoms with van der Waals surface area (Å²) in [5.74, 6) is 1.15. The van der Waals surface area contributed by atoms with Crippen LogP contribution in [0.3, 0.4) is 0 Å². The molecule has 0 atom stereocenters. The summed E-state index contributed by atoms with van der Waals surface area (Å²) in [6.07, 6.45) is 2.39. The van der Waals surface area contributed by atoms with Crippen molar-refractivity contribution in [3.05, 3.63) is 23.8 Å². The Labute approximate surface area is 130 Å². The molecule has 0 aromatic heterocycles. The van der Waals surface area contributed by atoms with Crippen LogP contribution in [-0.4, -0.2) is 36.2 Å². The van der Waals surface area contributed by atoms with Crippen molar-refractivity contribution in [2.24, 2.45) is 10.7 Å². The van der Waals surface area contributed by atoms with Gasteiger partial charge in [0.2, 0.25) is 0 Å². The van der Waals surface area contributed by atoms with Gasteiger partial charge in [0, 0.05) is 13.1 Å². The fraction of sp³-hybridized carbons (Fsp3) is 0.462. The number of halogens is 1. The number of phenolic OH excluding ortho intramolecular Hbond substituents is 1. The second-order valence-corrected chi connectivity index (χ2v) is 4.52. The van der Waals surface area contributed by atoms with Gasteiger partial charge in [-0.1, -0.05) is 6.07 Å². The number of benzene rings is 1. The van der Waals surface area contributed by atoms with Crippen molar-refractivity contribution < 1.29 is 9.84 Å². The van der Waals surface area contributed by atoms with Gasteiger partial charge in [-0.3, -0.25) is 0 Å². The third-order valence-electron chi connectivity index (χ3n) is 3.12. The van der Waals surface area contributed by atoms with E-state index in [1.807, 2.05) is 18.0 Å². The topological polar surface area (TPSA) is 71.1 Å². The average molecular weight is 377 g/mol. The highest BCUT2D eigenvalue weighted by molar-refractivity contribution is 14.0. The van der Waals surface area contributed by atoms with Crippen molar-refractivity contribution in [3.63, 3.8) is 0 Å². The number of rotatable bonds is 4. The number of aromatic hydroxyl groups is 1. The summed E-state index contributed by atoms with van der Waals surface area (Å²) in [4.78, 5) is 6.36. The Morgan fingerprint density at radius 3 is 2.79 bits per heavy atom. The summed E-state index contributed by atoms with van der Waals surface area (Å²) in [5, 5.41) is 9.49. The SMILES string of the molecule is COc1cc(CN=C(N)N(C)C2CC2)ccc1O.I. The Kier molecular flexibility index (Phi) is 5.71. The third kappa shape index (κ3) is 4.15. The van der Waals surface area contributed by atoms with Gasteiger partial charge >= 0.3 is 0 Å². The summed E-state index contributed by atoms with van der Waals surface area (Å²) in [5.41, 5.74) is 6.86. The number of ether oxygens (including phenoxy) is 1. The van der Waals surface area contributed by atoms with Gasteiger partial charge in [0.25, 0.3) is 0 Å². The quantitative estimate of drug-likeness (QED) is 0.478. The highest BCUT2D eigenvalue weighted by Crippen LogP contribution is 2.27. The largest absolute Gasteiger partial charge is 0.504 e. The molecular formula is C13H20IN3O2. The number of aliphatic imine (C=N–C) groups is 1. The number of nitrogens with two attached hydrogens (primary N) is 1. The number of hydrogen-bond acceptors (Lipinski definition) is 3. The van der Waals surface area contributed by atoms with E-state index in [0.717, 1.165) is 5.56 Å². The Balaban J connectivity index is 0.00000180. The molecule has 1 aromatic carbocycles. The normalized spacial score (nSPS) is 14.7. The van der Waals surface area contributed by atoms with E-state index < -0.39 is 0 Å². The number of hydrogen-bond donors (Lipinski definition) is 2. The van der Waals surface area contributed by atoms with Crippen LogP contribution in [0.5, 0.6) is 11.5 Å². The molecule has 1 aliphatic rings. The molecule has 5 nitrogen and oxygen atoms in total. The molecule has 1 aliphatic carbocycles. The Bertz CT molecular complexity index is 461. The molecule has 1 fully saturated rings. The van der Waals surface area contributed by atoms with Crippen LogP contribution in [0.1, 0.15) is 18.4 Å². The Hall–Kier alpha value is -1.18. The number of methoxy groups -OCH3 is 1. The Morgan fingerprint density at radius 2 is 2.21 bits per heavy atom. The van der Waals surface area contributed by atoms with Crippen LogP contribution in [-0.2, 0) is 6.54 Å². The Morgan fingerprint density at radius 1 is 1.53 bits per heavy atom. The lowest BCUT2D eigenvalue weighted by Gasteiger charge is -2.16. The fourth-order valence-electron chi connectivity index (χ4n) is 1.75. The summed E-state index contributed by atoms with van der Waals surface area (Å²) in [6.45, 7) is 0.486. The maximum absolute atomic E-state index is 9.49. The minimum atomic E-state index is 0. The van der Waals surface area contributed by atoms with E-state index >= 15 is 0 Å². The van der Waals surface area contributed by atoms with E-state index in [1.165, 1.54) is 20.0 Å². The summed E-state index contributed by atoms with van der Waals surface area (Å²) in [6, 6.07) is 5.74. The van der Waals surface area contributed by atoms with Gasteiger partial charge in [0.05, 0.1) is 13.7 Å². The second-order valence-electron chi connectivity index (χ2n) is 4.52. The first-order chi connectivity index (χ1) is 8.61. The minimum absolute atomic E-state index is 0. The van der Waals surface area contributed by atoms with E-state index in [2.05, 4.69) is 4.99 Å².